The molecule has 3 rings (SSSR count). The number of nitrogen functional groups attached to an aromatic ring is 1. The molecule has 0 unspecified atom stereocenters. The molecule has 0 bridgehead atoms. The van der Waals surface area contributed by atoms with Crippen LogP contribution in [-0.2, 0) is 0 Å². The van der Waals surface area contributed by atoms with Crippen LogP contribution in [0.15, 0.2) is 46.9 Å². The van der Waals surface area contributed by atoms with E-state index in [4.69, 9.17) is 10.2 Å². The van der Waals surface area contributed by atoms with Crippen molar-refractivity contribution in [3.8, 4) is 22.6 Å². The van der Waals surface area contributed by atoms with Crippen molar-refractivity contribution in [1.82, 2.24) is 0 Å². The largest absolute Gasteiger partial charge is 0.456 e. The summed E-state index contributed by atoms with van der Waals surface area (Å²) in [5.41, 5.74) is 9.89. The van der Waals surface area contributed by atoms with E-state index in [9.17, 15) is 0 Å². The fraction of sp³-hybridized carbons (Fsp3) is 0.0667. The lowest BCUT2D eigenvalue weighted by Crippen LogP contribution is -1.90. The van der Waals surface area contributed by atoms with Gasteiger partial charge in [0.2, 0.25) is 0 Å². The first-order chi connectivity index (χ1) is 8.24. The molecule has 1 aromatic carbocycles. The number of hydrogen-bond acceptors (Lipinski definition) is 2. The van der Waals surface area contributed by atoms with E-state index in [-0.39, 0.29) is 0 Å². The number of hydrogen-bond donors (Lipinski definition) is 1. The molecule has 0 atom stereocenters. The number of benzene rings is 1. The summed E-state index contributed by atoms with van der Waals surface area (Å²) in [5, 5.41) is 0. The van der Waals surface area contributed by atoms with Gasteiger partial charge in [-0.15, -0.1) is 0 Å². The topological polar surface area (TPSA) is 39.2 Å². The number of aryl methyl sites for hydroxylation is 1. The second-order valence-corrected chi connectivity index (χ2v) is 4.17. The zero-order chi connectivity index (χ0) is 11.8. The molecule has 2 N–H and O–H groups in total. The van der Waals surface area contributed by atoms with Gasteiger partial charge in [0.1, 0.15) is 11.5 Å². The van der Waals surface area contributed by atoms with Crippen molar-refractivity contribution in [2.75, 3.05) is 5.73 Å². The monoisotopic (exact) mass is 222 g/mol. The van der Waals surface area contributed by atoms with Gasteiger partial charge in [-0.05, 0) is 25.1 Å². The van der Waals surface area contributed by atoms with Crippen LogP contribution in [0, 0.1) is 13.0 Å². The molecule has 0 fully saturated rings. The summed E-state index contributed by atoms with van der Waals surface area (Å²) in [4.78, 5) is 0. The van der Waals surface area contributed by atoms with E-state index in [1.165, 1.54) is 5.56 Å². The molecule has 0 aromatic heterocycles. The van der Waals surface area contributed by atoms with E-state index in [2.05, 4.69) is 25.1 Å². The molecule has 0 saturated heterocycles. The summed E-state index contributed by atoms with van der Waals surface area (Å²) in [5.74, 6) is 1.56. The van der Waals surface area contributed by atoms with Crippen LogP contribution in [0.4, 0.5) is 5.69 Å². The minimum Gasteiger partial charge on any atom is -0.456 e. The first-order valence-electron chi connectivity index (χ1n) is 5.50. The van der Waals surface area contributed by atoms with Crippen molar-refractivity contribution in [3.63, 3.8) is 0 Å². The Labute approximate surface area is 100 Å². The minimum atomic E-state index is 0.725. The Morgan fingerprint density at radius 2 is 1.82 bits per heavy atom. The van der Waals surface area contributed by atoms with Crippen molar-refractivity contribution in [2.24, 2.45) is 0 Å². The lowest BCUT2D eigenvalue weighted by molar-refractivity contribution is 0.584. The van der Waals surface area contributed by atoms with Crippen LogP contribution in [0.25, 0.3) is 22.6 Å². The third-order valence-electron chi connectivity index (χ3n) is 2.86. The number of rotatable bonds is 1. The van der Waals surface area contributed by atoms with E-state index >= 15 is 0 Å². The van der Waals surface area contributed by atoms with E-state index in [1.807, 2.05) is 30.3 Å². The molecular formula is C15H12NO. The smallest absolute Gasteiger partial charge is 0.137 e. The maximum atomic E-state index is 5.99. The van der Waals surface area contributed by atoms with E-state index in [0.717, 1.165) is 28.3 Å². The van der Waals surface area contributed by atoms with Gasteiger partial charge in [-0.3, -0.25) is 0 Å². The van der Waals surface area contributed by atoms with Crippen LogP contribution in [0.5, 0.6) is 0 Å². The molecule has 1 aliphatic heterocycles. The van der Waals surface area contributed by atoms with Gasteiger partial charge < -0.3 is 10.2 Å². The quantitative estimate of drug-likeness (QED) is 0.681. The van der Waals surface area contributed by atoms with Gasteiger partial charge in [0.15, 0.2) is 0 Å². The van der Waals surface area contributed by atoms with Crippen molar-refractivity contribution < 1.29 is 4.42 Å². The normalized spacial score (nSPS) is 10.9. The summed E-state index contributed by atoms with van der Waals surface area (Å²) < 4.78 is 5.80. The highest BCUT2D eigenvalue weighted by Gasteiger charge is 2.11. The van der Waals surface area contributed by atoms with Crippen molar-refractivity contribution in [3.05, 3.63) is 54.1 Å². The first-order valence-corrected chi connectivity index (χ1v) is 5.50. The predicted molar refractivity (Wildman–Crippen MR) is 68.8 cm³/mol. The summed E-state index contributed by atoms with van der Waals surface area (Å²) in [6.07, 6.45) is 0. The van der Waals surface area contributed by atoms with Crippen LogP contribution in [0.2, 0.25) is 0 Å². The summed E-state index contributed by atoms with van der Waals surface area (Å²) in [6.45, 7) is 2.06. The van der Waals surface area contributed by atoms with Gasteiger partial charge in [-0.25, -0.2) is 0 Å². The lowest BCUT2D eigenvalue weighted by atomic mass is 10.1. The molecule has 0 spiro atoms. The first kappa shape index (κ1) is 9.97. The fourth-order valence-corrected chi connectivity index (χ4v) is 1.89. The maximum absolute atomic E-state index is 5.99. The molecule has 1 radical (unpaired) electrons. The molecule has 1 aromatic rings. The molecule has 2 nitrogen and oxygen atoms in total. The highest BCUT2D eigenvalue weighted by Crippen LogP contribution is 2.34. The second-order valence-electron chi connectivity index (χ2n) is 4.17. The zero-order valence-electron chi connectivity index (χ0n) is 9.53. The molecule has 83 valence electrons. The average Bonchev–Trinajstić information content (AvgIpc) is 2.78. The average molecular weight is 222 g/mol. The van der Waals surface area contributed by atoms with Gasteiger partial charge in [0, 0.05) is 22.9 Å². The van der Waals surface area contributed by atoms with Crippen LogP contribution in [0.3, 0.4) is 0 Å². The molecule has 1 aliphatic carbocycles. The Bertz CT molecular complexity index is 622. The fourth-order valence-electron chi connectivity index (χ4n) is 1.89. The Balaban J connectivity index is 2.18. The van der Waals surface area contributed by atoms with Crippen molar-refractivity contribution in [2.45, 2.75) is 6.92 Å². The minimum absolute atomic E-state index is 0.725. The molecule has 17 heavy (non-hydrogen) atoms. The molecule has 0 amide bonds. The lowest BCUT2D eigenvalue weighted by Gasteiger charge is -2.08. The molecule has 2 heteroatoms. The third-order valence-corrected chi connectivity index (χ3v) is 2.86. The third kappa shape index (κ3) is 1.68. The SMILES string of the molecule is Cc1ccc(-c2cc(N)c3c[c]cc-3o2)cc1. The van der Waals surface area contributed by atoms with E-state index in [0.29, 0.717) is 0 Å². The van der Waals surface area contributed by atoms with Gasteiger partial charge in [0.05, 0.1) is 0 Å². The predicted octanol–water partition coefficient (Wildman–Crippen LogP) is 3.74. The Hall–Kier alpha value is -2.22. The molecule has 1 heterocycles. The van der Waals surface area contributed by atoms with Crippen LogP contribution in [-0.4, -0.2) is 0 Å². The van der Waals surface area contributed by atoms with Crippen molar-refractivity contribution >= 4 is 5.69 Å². The van der Waals surface area contributed by atoms with Gasteiger partial charge >= 0.3 is 0 Å². The van der Waals surface area contributed by atoms with Crippen molar-refractivity contribution in [1.29, 1.82) is 0 Å². The molecular weight excluding hydrogens is 210 g/mol. The Kier molecular flexibility index (Phi) is 2.15. The summed E-state index contributed by atoms with van der Waals surface area (Å²) >= 11 is 0. The summed E-state index contributed by atoms with van der Waals surface area (Å²) in [6, 6.07) is 16.7. The van der Waals surface area contributed by atoms with Crippen LogP contribution >= 0.6 is 0 Å². The van der Waals surface area contributed by atoms with Gasteiger partial charge in [0.25, 0.3) is 0 Å². The standard InChI is InChI=1S/C15H12NO/c1-10-5-7-11(8-6-10)15-9-13(16)12-3-2-4-14(12)17-15/h3-9H,16H2,1H3. The maximum Gasteiger partial charge on any atom is 0.137 e. The highest BCUT2D eigenvalue weighted by molar-refractivity contribution is 5.78. The number of anilines is 1. The Morgan fingerprint density at radius 1 is 1.06 bits per heavy atom. The zero-order valence-corrected chi connectivity index (χ0v) is 9.53. The van der Waals surface area contributed by atoms with Crippen LogP contribution < -0.4 is 5.73 Å². The Morgan fingerprint density at radius 3 is 2.59 bits per heavy atom. The van der Waals surface area contributed by atoms with E-state index < -0.39 is 0 Å². The molecule has 0 saturated carbocycles. The highest BCUT2D eigenvalue weighted by atomic mass is 16.3. The summed E-state index contributed by atoms with van der Waals surface area (Å²) in [7, 11) is 0. The van der Waals surface area contributed by atoms with Gasteiger partial charge in [-0.1, -0.05) is 29.8 Å². The molecule has 2 aliphatic rings. The number of nitrogens with two attached hydrogens (primary N) is 1. The number of fused-ring (bicyclic) bond motifs is 1. The van der Waals surface area contributed by atoms with E-state index in [1.54, 1.807) is 0 Å². The second kappa shape index (κ2) is 3.67. The van der Waals surface area contributed by atoms with Gasteiger partial charge in [-0.2, -0.15) is 0 Å². The van der Waals surface area contributed by atoms with Crippen LogP contribution in [0.1, 0.15) is 5.56 Å².